The molecule has 0 aliphatic rings. The van der Waals surface area contributed by atoms with Crippen LogP contribution in [0.4, 0.5) is 5.69 Å². The zero-order valence-corrected chi connectivity index (χ0v) is 12.7. The molecule has 1 unspecified atom stereocenters. The van der Waals surface area contributed by atoms with E-state index in [-0.39, 0.29) is 24.1 Å². The summed E-state index contributed by atoms with van der Waals surface area (Å²) in [5.41, 5.74) is 0.667. The minimum atomic E-state index is -0.485. The van der Waals surface area contributed by atoms with Gasteiger partial charge in [0, 0.05) is 31.8 Å². The highest BCUT2D eigenvalue weighted by Gasteiger charge is 2.17. The number of nitro benzene ring substituents is 1. The minimum Gasteiger partial charge on any atom is -0.469 e. The molecule has 0 radical (unpaired) electrons. The number of non-ortho nitro benzene ring substituents is 1. The lowest BCUT2D eigenvalue weighted by Crippen LogP contribution is -2.33. The monoisotopic (exact) mass is 306 g/mol. The Bertz CT molecular complexity index is 580. The molecule has 0 bridgehead atoms. The number of methoxy groups -OCH3 is 1. The van der Waals surface area contributed by atoms with Crippen molar-refractivity contribution in [1.29, 1.82) is 0 Å². The number of benzene rings is 1. The van der Waals surface area contributed by atoms with Crippen molar-refractivity contribution in [1.82, 2.24) is 4.90 Å². The predicted molar refractivity (Wildman–Crippen MR) is 80.9 cm³/mol. The lowest BCUT2D eigenvalue weighted by atomic mass is 10.1. The molecule has 0 aromatic heterocycles. The smallest absolute Gasteiger partial charge is 0.310 e. The van der Waals surface area contributed by atoms with Gasteiger partial charge in [0.1, 0.15) is 0 Å². The summed E-state index contributed by atoms with van der Waals surface area (Å²) in [6, 6.07) is 5.85. The molecule has 0 spiro atoms. The summed E-state index contributed by atoms with van der Waals surface area (Å²) in [5, 5.41) is 10.5. The Labute approximate surface area is 128 Å². The van der Waals surface area contributed by atoms with Gasteiger partial charge in [0.05, 0.1) is 18.0 Å². The second-order valence-electron chi connectivity index (χ2n) is 4.82. The fraction of sp³-hybridized carbons (Fsp3) is 0.333. The van der Waals surface area contributed by atoms with Gasteiger partial charge in [-0.25, -0.2) is 0 Å². The average molecular weight is 306 g/mol. The number of rotatable bonds is 6. The highest BCUT2D eigenvalue weighted by Crippen LogP contribution is 2.13. The molecule has 0 saturated carbocycles. The van der Waals surface area contributed by atoms with Crippen LogP contribution in [0.1, 0.15) is 12.5 Å². The third kappa shape index (κ3) is 5.01. The third-order valence-corrected chi connectivity index (χ3v) is 3.05. The van der Waals surface area contributed by atoms with Crippen molar-refractivity contribution in [2.45, 2.75) is 6.92 Å². The number of amides is 1. The number of ether oxygens (including phenoxy) is 1. The Hall–Kier alpha value is -2.70. The van der Waals surface area contributed by atoms with Crippen LogP contribution in [0, 0.1) is 16.0 Å². The lowest BCUT2D eigenvalue weighted by Gasteiger charge is -2.18. The van der Waals surface area contributed by atoms with E-state index in [9.17, 15) is 19.7 Å². The largest absolute Gasteiger partial charge is 0.469 e. The first-order valence-corrected chi connectivity index (χ1v) is 6.60. The van der Waals surface area contributed by atoms with Crippen LogP contribution < -0.4 is 0 Å². The number of hydrogen-bond donors (Lipinski definition) is 0. The highest BCUT2D eigenvalue weighted by molar-refractivity contribution is 5.91. The zero-order chi connectivity index (χ0) is 16.7. The molecule has 7 nitrogen and oxygen atoms in total. The van der Waals surface area contributed by atoms with E-state index in [1.807, 2.05) is 0 Å². The van der Waals surface area contributed by atoms with Gasteiger partial charge in [0.15, 0.2) is 0 Å². The Morgan fingerprint density at radius 2 is 1.95 bits per heavy atom. The summed E-state index contributed by atoms with van der Waals surface area (Å²) in [4.78, 5) is 34.7. The minimum absolute atomic E-state index is 0.00695. The van der Waals surface area contributed by atoms with Crippen molar-refractivity contribution < 1.29 is 19.2 Å². The number of likely N-dealkylation sites (N-methyl/N-ethyl adjacent to an activating group) is 1. The first-order valence-electron chi connectivity index (χ1n) is 6.60. The molecule has 1 atom stereocenters. The molecule has 22 heavy (non-hydrogen) atoms. The van der Waals surface area contributed by atoms with Crippen LogP contribution in [0.25, 0.3) is 6.08 Å². The first-order chi connectivity index (χ1) is 10.3. The molecule has 118 valence electrons. The maximum Gasteiger partial charge on any atom is 0.310 e. The molecule has 0 N–H and O–H groups in total. The summed E-state index contributed by atoms with van der Waals surface area (Å²) in [7, 11) is 2.89. The van der Waals surface area contributed by atoms with E-state index in [4.69, 9.17) is 0 Å². The van der Waals surface area contributed by atoms with Crippen molar-refractivity contribution in [3.8, 4) is 0 Å². The molecular formula is C15H18N2O5. The molecular weight excluding hydrogens is 288 g/mol. The van der Waals surface area contributed by atoms with Gasteiger partial charge in [0.25, 0.3) is 5.69 Å². The van der Waals surface area contributed by atoms with Gasteiger partial charge in [-0.2, -0.15) is 0 Å². The fourth-order valence-corrected chi connectivity index (χ4v) is 1.78. The van der Waals surface area contributed by atoms with E-state index in [2.05, 4.69) is 4.74 Å². The second kappa shape index (κ2) is 7.92. The van der Waals surface area contributed by atoms with Gasteiger partial charge >= 0.3 is 5.97 Å². The molecule has 7 heteroatoms. The number of hydrogen-bond acceptors (Lipinski definition) is 5. The van der Waals surface area contributed by atoms with Crippen molar-refractivity contribution in [2.24, 2.45) is 5.92 Å². The van der Waals surface area contributed by atoms with E-state index < -0.39 is 10.8 Å². The molecule has 0 aliphatic heterocycles. The highest BCUT2D eigenvalue weighted by atomic mass is 16.6. The molecule has 1 amide bonds. The van der Waals surface area contributed by atoms with Crippen LogP contribution in [0.15, 0.2) is 30.3 Å². The second-order valence-corrected chi connectivity index (χ2v) is 4.82. The predicted octanol–water partition coefficient (Wildman–Crippen LogP) is 1.88. The van der Waals surface area contributed by atoms with Crippen LogP contribution in [0.3, 0.4) is 0 Å². The topological polar surface area (TPSA) is 89.8 Å². The normalized spacial score (nSPS) is 12.0. The van der Waals surface area contributed by atoms with Crippen molar-refractivity contribution in [3.63, 3.8) is 0 Å². The van der Waals surface area contributed by atoms with Crippen LogP contribution in [-0.2, 0) is 14.3 Å². The zero-order valence-electron chi connectivity index (χ0n) is 12.7. The molecule has 0 aliphatic carbocycles. The number of carbonyl (C=O) groups excluding carboxylic acids is 2. The summed E-state index contributed by atoms with van der Waals surface area (Å²) >= 11 is 0. The maximum absolute atomic E-state index is 11.9. The van der Waals surface area contributed by atoms with E-state index in [0.717, 1.165) is 0 Å². The van der Waals surface area contributed by atoms with Gasteiger partial charge in [-0.1, -0.05) is 6.92 Å². The molecule has 0 saturated heterocycles. The average Bonchev–Trinajstić information content (AvgIpc) is 2.51. The summed E-state index contributed by atoms with van der Waals surface area (Å²) in [6.07, 6.45) is 2.91. The van der Waals surface area contributed by atoms with E-state index in [0.29, 0.717) is 5.56 Å². The van der Waals surface area contributed by atoms with Gasteiger partial charge in [-0.05, 0) is 23.8 Å². The van der Waals surface area contributed by atoms with Gasteiger partial charge in [0.2, 0.25) is 5.91 Å². The van der Waals surface area contributed by atoms with E-state index in [1.54, 1.807) is 32.2 Å². The van der Waals surface area contributed by atoms with Gasteiger partial charge in [-0.3, -0.25) is 19.7 Å². The van der Waals surface area contributed by atoms with Crippen LogP contribution >= 0.6 is 0 Å². The van der Waals surface area contributed by atoms with Crippen molar-refractivity contribution in [3.05, 3.63) is 46.0 Å². The molecule has 1 aromatic rings. The first kappa shape index (κ1) is 17.4. The quantitative estimate of drug-likeness (QED) is 0.346. The van der Waals surface area contributed by atoms with Gasteiger partial charge < -0.3 is 9.64 Å². The SMILES string of the molecule is COC(=O)C(C)CN(C)C(=O)/C=C/c1ccc([N+](=O)[O-])cc1. The number of nitrogens with zero attached hydrogens (tertiary/aromatic N) is 2. The van der Waals surface area contributed by atoms with Crippen molar-refractivity contribution >= 4 is 23.6 Å². The fourth-order valence-electron chi connectivity index (χ4n) is 1.78. The van der Waals surface area contributed by atoms with E-state index >= 15 is 0 Å². The maximum atomic E-state index is 11.9. The Morgan fingerprint density at radius 1 is 1.36 bits per heavy atom. The summed E-state index contributed by atoms with van der Waals surface area (Å²) in [6.45, 7) is 1.92. The lowest BCUT2D eigenvalue weighted by molar-refractivity contribution is -0.384. The Balaban J connectivity index is 2.63. The van der Waals surface area contributed by atoms with Crippen LogP contribution in [0.5, 0.6) is 0 Å². The summed E-state index contributed by atoms with van der Waals surface area (Å²) in [5.74, 6) is -1.06. The van der Waals surface area contributed by atoms with Crippen LogP contribution in [0.2, 0.25) is 0 Å². The Morgan fingerprint density at radius 3 is 2.45 bits per heavy atom. The van der Waals surface area contributed by atoms with Crippen molar-refractivity contribution in [2.75, 3.05) is 20.7 Å². The molecule has 0 heterocycles. The summed E-state index contributed by atoms with van der Waals surface area (Å²) < 4.78 is 4.60. The molecule has 1 rings (SSSR count). The standard InChI is InChI=1S/C15H18N2O5/c1-11(15(19)22-3)10-16(2)14(18)9-6-12-4-7-13(8-5-12)17(20)21/h4-9,11H,10H2,1-3H3/b9-6+. The third-order valence-electron chi connectivity index (χ3n) is 3.05. The molecule has 1 aromatic carbocycles. The van der Waals surface area contributed by atoms with Crippen LogP contribution in [-0.4, -0.2) is 42.4 Å². The van der Waals surface area contributed by atoms with E-state index in [1.165, 1.54) is 30.2 Å². The number of esters is 1. The van der Waals surface area contributed by atoms with Gasteiger partial charge in [-0.15, -0.1) is 0 Å². The Kier molecular flexibility index (Phi) is 6.25. The number of nitro groups is 1. The molecule has 0 fully saturated rings. The number of carbonyl (C=O) groups is 2.